The Labute approximate surface area is 197 Å². The van der Waals surface area contributed by atoms with Gasteiger partial charge in [0.2, 0.25) is 0 Å². The zero-order chi connectivity index (χ0) is 24.3. The molecule has 35 heavy (non-hydrogen) atoms. The molecule has 176 valence electrons. The minimum absolute atomic E-state index is 0.0842. The number of imide groups is 1. The van der Waals surface area contributed by atoms with Crippen LogP contribution in [0.1, 0.15) is 21.7 Å². The minimum Gasteiger partial charge on any atom is -0.497 e. The van der Waals surface area contributed by atoms with Gasteiger partial charge in [0, 0.05) is 40.9 Å². The Morgan fingerprint density at radius 1 is 1.17 bits per heavy atom. The maximum atomic E-state index is 14.8. The SMILES string of the molecule is COc1ccc2c(c1)C(=O)N(C[C@@]1(c3cc4cc(-c5cn[nH]c5)c(F)cc4o3)NC(=O)NC1=O)C2. The Hall–Kier alpha value is -4.67. The van der Waals surface area contributed by atoms with Crippen molar-refractivity contribution in [3.05, 3.63) is 71.5 Å². The second-order valence-corrected chi connectivity index (χ2v) is 8.47. The Kier molecular flexibility index (Phi) is 4.43. The summed E-state index contributed by atoms with van der Waals surface area (Å²) in [5, 5.41) is 11.9. The summed E-state index contributed by atoms with van der Waals surface area (Å²) in [6, 6.07) is 8.82. The number of benzene rings is 2. The zero-order valence-corrected chi connectivity index (χ0v) is 18.3. The van der Waals surface area contributed by atoms with Gasteiger partial charge in [0.1, 0.15) is 22.9 Å². The molecule has 1 fully saturated rings. The van der Waals surface area contributed by atoms with Crippen molar-refractivity contribution in [3.63, 3.8) is 0 Å². The molecule has 2 aliphatic heterocycles. The third-order valence-electron chi connectivity index (χ3n) is 6.40. The summed E-state index contributed by atoms with van der Waals surface area (Å²) in [4.78, 5) is 39.9. The van der Waals surface area contributed by atoms with Gasteiger partial charge in [-0.25, -0.2) is 9.18 Å². The van der Waals surface area contributed by atoms with Crippen LogP contribution in [0.25, 0.3) is 22.1 Å². The lowest BCUT2D eigenvalue weighted by atomic mass is 9.95. The number of aromatic nitrogens is 2. The second-order valence-electron chi connectivity index (χ2n) is 8.47. The largest absolute Gasteiger partial charge is 0.497 e. The molecule has 0 saturated carbocycles. The zero-order valence-electron chi connectivity index (χ0n) is 18.3. The summed E-state index contributed by atoms with van der Waals surface area (Å²) < 4.78 is 25.9. The molecular formula is C24H18FN5O5. The summed E-state index contributed by atoms with van der Waals surface area (Å²) in [7, 11) is 1.51. The van der Waals surface area contributed by atoms with Crippen LogP contribution in [-0.2, 0) is 16.9 Å². The van der Waals surface area contributed by atoms with Crippen LogP contribution in [0.4, 0.5) is 9.18 Å². The standard InChI is InChI=1S/C24H18FN5O5/c1-34-15-3-2-12-10-30(21(31)17(12)6-15)11-24(22(32)28-23(33)29-24)20-5-13-4-16(14-8-26-27-9-14)18(25)7-19(13)35-20/h2-9H,10-11H2,1H3,(H,26,27)(H2,28,29,32,33)/t24-/m0/s1. The van der Waals surface area contributed by atoms with E-state index in [9.17, 15) is 18.8 Å². The normalized spacial score (nSPS) is 19.3. The van der Waals surface area contributed by atoms with E-state index in [4.69, 9.17) is 9.15 Å². The minimum atomic E-state index is -1.69. The topological polar surface area (TPSA) is 130 Å². The highest BCUT2D eigenvalue weighted by Gasteiger charge is 2.53. The van der Waals surface area contributed by atoms with Gasteiger partial charge in [0.25, 0.3) is 11.8 Å². The van der Waals surface area contributed by atoms with Crippen molar-refractivity contribution in [3.8, 4) is 16.9 Å². The van der Waals surface area contributed by atoms with Crippen LogP contribution in [-0.4, -0.2) is 46.6 Å². The number of ether oxygens (including phenoxy) is 1. The predicted molar refractivity (Wildman–Crippen MR) is 120 cm³/mol. The van der Waals surface area contributed by atoms with E-state index in [-0.39, 0.29) is 30.3 Å². The fourth-order valence-corrected chi connectivity index (χ4v) is 4.63. The first-order valence-corrected chi connectivity index (χ1v) is 10.7. The number of amides is 4. The monoisotopic (exact) mass is 475 g/mol. The molecule has 0 spiro atoms. The molecule has 11 heteroatoms. The first-order chi connectivity index (χ1) is 16.9. The van der Waals surface area contributed by atoms with Crippen LogP contribution in [0.2, 0.25) is 0 Å². The molecule has 10 nitrogen and oxygen atoms in total. The lowest BCUT2D eigenvalue weighted by Gasteiger charge is -2.29. The first kappa shape index (κ1) is 20.9. The molecule has 3 N–H and O–H groups in total. The molecule has 6 rings (SSSR count). The molecule has 2 aliphatic rings. The van der Waals surface area contributed by atoms with E-state index in [0.29, 0.717) is 27.8 Å². The van der Waals surface area contributed by atoms with Crippen molar-refractivity contribution < 1.29 is 27.9 Å². The number of nitrogens with one attached hydrogen (secondary N) is 3. The van der Waals surface area contributed by atoms with E-state index in [2.05, 4.69) is 20.8 Å². The molecule has 4 amide bonds. The van der Waals surface area contributed by atoms with E-state index < -0.39 is 23.3 Å². The number of nitrogens with zero attached hydrogens (tertiary/aromatic N) is 2. The summed E-state index contributed by atoms with van der Waals surface area (Å²) >= 11 is 0. The molecule has 0 radical (unpaired) electrons. The Morgan fingerprint density at radius 3 is 2.74 bits per heavy atom. The Balaban J connectivity index is 1.41. The van der Waals surface area contributed by atoms with E-state index in [1.54, 1.807) is 36.5 Å². The number of furan rings is 1. The molecule has 1 atom stereocenters. The molecule has 0 aliphatic carbocycles. The molecule has 4 aromatic rings. The summed E-state index contributed by atoms with van der Waals surface area (Å²) in [6.45, 7) is 0.0554. The highest BCUT2D eigenvalue weighted by molar-refractivity contribution is 6.08. The van der Waals surface area contributed by atoms with Crippen molar-refractivity contribution >= 4 is 28.8 Å². The van der Waals surface area contributed by atoms with Crippen LogP contribution in [0.3, 0.4) is 0 Å². The number of carbonyl (C=O) groups is 3. The fraction of sp³-hybridized carbons (Fsp3) is 0.167. The highest BCUT2D eigenvalue weighted by atomic mass is 19.1. The quantitative estimate of drug-likeness (QED) is 0.381. The number of carbonyl (C=O) groups excluding carboxylic acids is 3. The Morgan fingerprint density at radius 2 is 2.03 bits per heavy atom. The number of H-pyrrole nitrogens is 1. The number of halogens is 1. The van der Waals surface area contributed by atoms with Gasteiger partial charge in [-0.1, -0.05) is 6.07 Å². The van der Waals surface area contributed by atoms with Crippen molar-refractivity contribution in [2.45, 2.75) is 12.1 Å². The molecular weight excluding hydrogens is 457 g/mol. The van der Waals surface area contributed by atoms with Gasteiger partial charge in [-0.3, -0.25) is 20.0 Å². The summed E-state index contributed by atoms with van der Waals surface area (Å²) in [5.74, 6) is -0.892. The number of rotatable bonds is 5. The van der Waals surface area contributed by atoms with Crippen molar-refractivity contribution in [2.24, 2.45) is 0 Å². The second kappa shape index (κ2) is 7.42. The van der Waals surface area contributed by atoms with E-state index in [0.717, 1.165) is 5.56 Å². The van der Waals surface area contributed by atoms with Gasteiger partial charge in [-0.2, -0.15) is 5.10 Å². The highest BCUT2D eigenvalue weighted by Crippen LogP contribution is 2.36. The van der Waals surface area contributed by atoms with Gasteiger partial charge in [-0.05, 0) is 29.8 Å². The lowest BCUT2D eigenvalue weighted by Crippen LogP contribution is -2.52. The summed E-state index contributed by atoms with van der Waals surface area (Å²) in [5.41, 5.74) is 0.576. The van der Waals surface area contributed by atoms with Crippen LogP contribution >= 0.6 is 0 Å². The van der Waals surface area contributed by atoms with E-state index >= 15 is 0 Å². The predicted octanol–water partition coefficient (Wildman–Crippen LogP) is 2.66. The van der Waals surface area contributed by atoms with E-state index in [1.165, 1.54) is 24.3 Å². The smallest absolute Gasteiger partial charge is 0.322 e. The molecule has 2 aromatic heterocycles. The first-order valence-electron chi connectivity index (χ1n) is 10.7. The lowest BCUT2D eigenvalue weighted by molar-refractivity contribution is -0.125. The molecule has 4 heterocycles. The van der Waals surface area contributed by atoms with Gasteiger partial charge >= 0.3 is 6.03 Å². The fourth-order valence-electron chi connectivity index (χ4n) is 4.63. The van der Waals surface area contributed by atoms with E-state index in [1.807, 2.05) is 0 Å². The van der Waals surface area contributed by atoms with Crippen LogP contribution in [0.15, 0.2) is 53.2 Å². The molecule has 1 saturated heterocycles. The molecule has 0 unspecified atom stereocenters. The number of methoxy groups -OCH3 is 1. The third kappa shape index (κ3) is 3.15. The van der Waals surface area contributed by atoms with Gasteiger partial charge in [0.05, 0.1) is 19.9 Å². The number of fused-ring (bicyclic) bond motifs is 2. The molecule has 0 bridgehead atoms. The summed E-state index contributed by atoms with van der Waals surface area (Å²) in [6.07, 6.45) is 3.05. The average molecular weight is 475 g/mol. The number of aromatic amines is 1. The maximum Gasteiger partial charge on any atom is 0.322 e. The number of hydrogen-bond acceptors (Lipinski definition) is 6. The van der Waals surface area contributed by atoms with Gasteiger partial charge in [0.15, 0.2) is 5.54 Å². The Bertz CT molecular complexity index is 1530. The average Bonchev–Trinajstić information content (AvgIpc) is 3.61. The van der Waals surface area contributed by atoms with Crippen molar-refractivity contribution in [2.75, 3.05) is 13.7 Å². The van der Waals surface area contributed by atoms with Gasteiger partial charge in [-0.15, -0.1) is 0 Å². The van der Waals surface area contributed by atoms with Crippen LogP contribution < -0.4 is 15.4 Å². The molecule has 2 aromatic carbocycles. The van der Waals surface area contributed by atoms with Crippen molar-refractivity contribution in [1.82, 2.24) is 25.7 Å². The van der Waals surface area contributed by atoms with Gasteiger partial charge < -0.3 is 19.4 Å². The van der Waals surface area contributed by atoms with Crippen molar-refractivity contribution in [1.29, 1.82) is 0 Å². The van der Waals surface area contributed by atoms with Crippen LogP contribution in [0, 0.1) is 5.82 Å². The number of urea groups is 1. The number of hydrogen-bond donors (Lipinski definition) is 3. The van der Waals surface area contributed by atoms with Crippen LogP contribution in [0.5, 0.6) is 5.75 Å². The maximum absolute atomic E-state index is 14.8. The third-order valence-corrected chi connectivity index (χ3v) is 6.40.